The second-order valence-electron chi connectivity index (χ2n) is 6.76. The van der Waals surface area contributed by atoms with Gasteiger partial charge in [-0.1, -0.05) is 16.4 Å². The number of halogens is 1. The van der Waals surface area contributed by atoms with Gasteiger partial charge in [0.2, 0.25) is 5.82 Å². The Hall–Kier alpha value is -4.05. The highest BCUT2D eigenvalue weighted by Gasteiger charge is 2.18. The Balaban J connectivity index is 1.67. The van der Waals surface area contributed by atoms with Crippen LogP contribution in [-0.4, -0.2) is 21.4 Å². The Morgan fingerprint density at radius 2 is 1.87 bits per heavy atom. The monoisotopic (exact) mass is 423 g/mol. The third-order valence-electron chi connectivity index (χ3n) is 4.70. The molecule has 2 heterocycles. The number of hydrogen-bond acceptors (Lipinski definition) is 8. The molecule has 158 valence electrons. The predicted octanol–water partition coefficient (Wildman–Crippen LogP) is 3.73. The van der Waals surface area contributed by atoms with Crippen LogP contribution in [0, 0.1) is 19.7 Å². The lowest BCUT2D eigenvalue weighted by Crippen LogP contribution is -2.16. The van der Waals surface area contributed by atoms with E-state index < -0.39 is 11.9 Å². The van der Waals surface area contributed by atoms with E-state index in [4.69, 9.17) is 20.5 Å². The molecule has 1 amide bonds. The van der Waals surface area contributed by atoms with Crippen molar-refractivity contribution >= 4 is 6.09 Å². The number of aryl methyl sites for hydroxylation is 2. The molecule has 2 aromatic carbocycles. The first-order chi connectivity index (χ1) is 14.9. The number of primary amides is 1. The maximum Gasteiger partial charge on any atom is 0.410 e. The quantitative estimate of drug-likeness (QED) is 0.494. The van der Waals surface area contributed by atoms with E-state index in [1.54, 1.807) is 0 Å². The van der Waals surface area contributed by atoms with E-state index in [0.29, 0.717) is 16.9 Å². The summed E-state index contributed by atoms with van der Waals surface area (Å²) in [5.41, 5.74) is 15.3. The summed E-state index contributed by atoms with van der Waals surface area (Å²) in [6, 6.07) is 9.44. The van der Waals surface area contributed by atoms with Crippen molar-refractivity contribution in [2.45, 2.75) is 20.4 Å². The molecule has 31 heavy (non-hydrogen) atoms. The van der Waals surface area contributed by atoms with Crippen LogP contribution in [0.15, 0.2) is 45.4 Å². The highest BCUT2D eigenvalue weighted by Crippen LogP contribution is 2.33. The topological polar surface area (TPSA) is 143 Å². The standard InChI is InChI=1S/C21H18FN5O4/c1-10-18(11(2)30-26-10)15-5-3-13(7-14(15)9-23)20-25-19(27-31-20)12-4-6-17(16(22)8-12)29-21(24)28/h3-8H,9,23H2,1-2H3,(H2,24,28). The van der Waals surface area contributed by atoms with E-state index in [9.17, 15) is 9.18 Å². The third kappa shape index (κ3) is 3.88. The van der Waals surface area contributed by atoms with Gasteiger partial charge in [-0.15, -0.1) is 0 Å². The molecule has 10 heteroatoms. The zero-order valence-electron chi connectivity index (χ0n) is 16.7. The summed E-state index contributed by atoms with van der Waals surface area (Å²) < 4.78 is 29.3. The highest BCUT2D eigenvalue weighted by atomic mass is 19.1. The zero-order valence-corrected chi connectivity index (χ0v) is 16.7. The van der Waals surface area contributed by atoms with Crippen LogP contribution in [0.4, 0.5) is 9.18 Å². The van der Waals surface area contributed by atoms with Gasteiger partial charge in [-0.25, -0.2) is 9.18 Å². The number of nitrogens with zero attached hydrogens (tertiary/aromatic N) is 3. The summed E-state index contributed by atoms with van der Waals surface area (Å²) in [5.74, 6) is 0.0432. The van der Waals surface area contributed by atoms with Gasteiger partial charge in [0.05, 0.1) is 5.69 Å². The van der Waals surface area contributed by atoms with Crippen molar-refractivity contribution in [2.75, 3.05) is 0 Å². The molecule has 0 atom stereocenters. The van der Waals surface area contributed by atoms with Crippen molar-refractivity contribution < 1.29 is 23.0 Å². The predicted molar refractivity (Wildman–Crippen MR) is 108 cm³/mol. The molecule has 0 saturated carbocycles. The van der Waals surface area contributed by atoms with Gasteiger partial charge in [-0.05, 0) is 55.3 Å². The lowest BCUT2D eigenvalue weighted by atomic mass is 9.96. The van der Waals surface area contributed by atoms with Crippen molar-refractivity contribution in [3.63, 3.8) is 0 Å². The van der Waals surface area contributed by atoms with Crippen LogP contribution < -0.4 is 16.2 Å². The molecule has 0 fully saturated rings. The van der Waals surface area contributed by atoms with Crippen LogP contribution >= 0.6 is 0 Å². The van der Waals surface area contributed by atoms with Gasteiger partial charge < -0.3 is 25.3 Å². The summed E-state index contributed by atoms with van der Waals surface area (Å²) >= 11 is 0. The number of carbonyl (C=O) groups is 1. The third-order valence-corrected chi connectivity index (χ3v) is 4.70. The number of nitrogens with two attached hydrogens (primary N) is 2. The van der Waals surface area contributed by atoms with Crippen molar-refractivity contribution in [1.82, 2.24) is 15.3 Å². The first-order valence-electron chi connectivity index (χ1n) is 9.25. The van der Waals surface area contributed by atoms with Crippen molar-refractivity contribution in [3.05, 3.63) is 59.2 Å². The maximum atomic E-state index is 14.1. The fourth-order valence-electron chi connectivity index (χ4n) is 3.30. The summed E-state index contributed by atoms with van der Waals surface area (Å²) in [6.45, 7) is 3.98. The lowest BCUT2D eigenvalue weighted by molar-refractivity contribution is 0.208. The van der Waals surface area contributed by atoms with Crippen LogP contribution in [-0.2, 0) is 6.54 Å². The van der Waals surface area contributed by atoms with Crippen molar-refractivity contribution in [1.29, 1.82) is 0 Å². The Bertz CT molecular complexity index is 1260. The molecule has 4 N–H and O–H groups in total. The summed E-state index contributed by atoms with van der Waals surface area (Å²) in [4.78, 5) is 15.1. The van der Waals surface area contributed by atoms with Crippen LogP contribution in [0.1, 0.15) is 17.0 Å². The fourth-order valence-corrected chi connectivity index (χ4v) is 3.30. The molecule has 9 nitrogen and oxygen atoms in total. The first-order valence-corrected chi connectivity index (χ1v) is 9.25. The van der Waals surface area contributed by atoms with E-state index in [2.05, 4.69) is 20.0 Å². The van der Waals surface area contributed by atoms with Crippen molar-refractivity contribution in [2.24, 2.45) is 11.5 Å². The van der Waals surface area contributed by atoms with Gasteiger partial charge in [0, 0.05) is 23.2 Å². The van der Waals surface area contributed by atoms with E-state index in [0.717, 1.165) is 28.5 Å². The number of rotatable bonds is 5. The van der Waals surface area contributed by atoms with E-state index >= 15 is 0 Å². The number of aromatic nitrogens is 3. The van der Waals surface area contributed by atoms with E-state index in [-0.39, 0.29) is 24.0 Å². The molecule has 0 spiro atoms. The van der Waals surface area contributed by atoms with Crippen LogP contribution in [0.5, 0.6) is 5.75 Å². The summed E-state index contributed by atoms with van der Waals surface area (Å²) in [7, 11) is 0. The number of amides is 1. The SMILES string of the molecule is Cc1noc(C)c1-c1ccc(-c2nc(-c3ccc(OC(N)=O)c(F)c3)no2)cc1CN. The smallest absolute Gasteiger partial charge is 0.407 e. The van der Waals surface area contributed by atoms with Gasteiger partial charge in [-0.3, -0.25) is 0 Å². The summed E-state index contributed by atoms with van der Waals surface area (Å²) in [5, 5.41) is 7.90. The molecular formula is C21H18FN5O4. The minimum Gasteiger partial charge on any atom is -0.407 e. The molecule has 0 radical (unpaired) electrons. The zero-order chi connectivity index (χ0) is 22.1. The molecule has 0 saturated heterocycles. The van der Waals surface area contributed by atoms with Crippen LogP contribution in [0.25, 0.3) is 34.0 Å². The number of hydrogen-bond donors (Lipinski definition) is 2. The molecule has 0 aliphatic rings. The van der Waals surface area contributed by atoms with Gasteiger partial charge in [0.1, 0.15) is 5.76 Å². The van der Waals surface area contributed by atoms with Gasteiger partial charge in [-0.2, -0.15) is 4.98 Å². The number of carbonyl (C=O) groups excluding carboxylic acids is 1. The summed E-state index contributed by atoms with van der Waals surface area (Å²) in [6.07, 6.45) is -1.11. The molecule has 4 aromatic rings. The van der Waals surface area contributed by atoms with Crippen LogP contribution in [0.2, 0.25) is 0 Å². The van der Waals surface area contributed by atoms with E-state index in [1.165, 1.54) is 12.1 Å². The minimum absolute atomic E-state index is 0.170. The molecule has 0 aliphatic carbocycles. The molecule has 4 rings (SSSR count). The second-order valence-corrected chi connectivity index (χ2v) is 6.76. The normalized spacial score (nSPS) is 11.0. The Labute approximate surface area is 175 Å². The molecular weight excluding hydrogens is 405 g/mol. The second kappa shape index (κ2) is 8.00. The van der Waals surface area contributed by atoms with Crippen LogP contribution in [0.3, 0.4) is 0 Å². The average molecular weight is 423 g/mol. The molecule has 2 aromatic heterocycles. The Morgan fingerprint density at radius 1 is 1.10 bits per heavy atom. The Kier molecular flexibility index (Phi) is 5.22. The lowest BCUT2D eigenvalue weighted by Gasteiger charge is -2.08. The van der Waals surface area contributed by atoms with Crippen molar-refractivity contribution in [3.8, 4) is 39.7 Å². The molecule has 0 bridgehead atoms. The van der Waals surface area contributed by atoms with Gasteiger partial charge in [0.25, 0.3) is 5.89 Å². The average Bonchev–Trinajstić information content (AvgIpc) is 3.36. The number of benzene rings is 2. The first kappa shape index (κ1) is 20.2. The molecule has 0 aliphatic heterocycles. The van der Waals surface area contributed by atoms with E-state index in [1.807, 2.05) is 32.0 Å². The van der Waals surface area contributed by atoms with Gasteiger partial charge in [0.15, 0.2) is 11.6 Å². The minimum atomic E-state index is -1.11. The largest absolute Gasteiger partial charge is 0.410 e. The maximum absolute atomic E-state index is 14.1. The molecule has 0 unspecified atom stereocenters. The Morgan fingerprint density at radius 3 is 2.52 bits per heavy atom. The highest BCUT2D eigenvalue weighted by molar-refractivity contribution is 5.74. The number of ether oxygens (including phenoxy) is 1. The fraction of sp³-hybridized carbons (Fsp3) is 0.143. The van der Waals surface area contributed by atoms with Gasteiger partial charge >= 0.3 is 6.09 Å².